The Kier molecular flexibility index (Phi) is 6.88. The van der Waals surface area contributed by atoms with Gasteiger partial charge >= 0.3 is 0 Å². The van der Waals surface area contributed by atoms with Gasteiger partial charge in [0.2, 0.25) is 0 Å². The van der Waals surface area contributed by atoms with Crippen LogP contribution in [0.15, 0.2) is 4.99 Å². The van der Waals surface area contributed by atoms with E-state index >= 15 is 0 Å². The van der Waals surface area contributed by atoms with Crippen LogP contribution in [0.25, 0.3) is 0 Å². The van der Waals surface area contributed by atoms with Gasteiger partial charge in [-0.05, 0) is 45.4 Å². The van der Waals surface area contributed by atoms with Gasteiger partial charge in [0, 0.05) is 37.5 Å². The first-order valence-corrected chi connectivity index (χ1v) is 9.77. The molecule has 1 aromatic heterocycles. The molecule has 0 aliphatic carbocycles. The summed E-state index contributed by atoms with van der Waals surface area (Å²) in [6.07, 6.45) is 3.63. The molecule has 4 nitrogen and oxygen atoms in total. The van der Waals surface area contributed by atoms with Gasteiger partial charge in [-0.3, -0.25) is 4.99 Å². The fourth-order valence-electron chi connectivity index (χ4n) is 3.38. The molecule has 23 heavy (non-hydrogen) atoms. The summed E-state index contributed by atoms with van der Waals surface area (Å²) in [5.41, 5.74) is 1.17. The summed E-state index contributed by atoms with van der Waals surface area (Å²) in [5.74, 6) is 2.71. The molecule has 0 saturated carbocycles. The molecule has 0 spiro atoms. The van der Waals surface area contributed by atoms with Gasteiger partial charge in [-0.25, -0.2) is 4.98 Å². The average molecular weight is 337 g/mol. The van der Waals surface area contributed by atoms with Crippen LogP contribution in [-0.4, -0.2) is 42.0 Å². The van der Waals surface area contributed by atoms with Crippen LogP contribution in [-0.2, 0) is 6.42 Å². The zero-order chi connectivity index (χ0) is 16.8. The highest BCUT2D eigenvalue weighted by Gasteiger charge is 2.25. The highest BCUT2D eigenvalue weighted by Crippen LogP contribution is 2.23. The van der Waals surface area contributed by atoms with E-state index in [1.165, 1.54) is 23.4 Å². The topological polar surface area (TPSA) is 40.5 Å². The van der Waals surface area contributed by atoms with E-state index < -0.39 is 0 Å². The predicted molar refractivity (Wildman–Crippen MR) is 100 cm³/mol. The molecule has 0 aromatic carbocycles. The molecule has 1 aliphatic heterocycles. The van der Waals surface area contributed by atoms with E-state index in [2.05, 4.69) is 49.8 Å². The van der Waals surface area contributed by atoms with Crippen molar-refractivity contribution in [2.24, 2.45) is 16.8 Å². The number of aromatic nitrogens is 1. The van der Waals surface area contributed by atoms with Gasteiger partial charge in [0.15, 0.2) is 5.96 Å². The monoisotopic (exact) mass is 336 g/mol. The lowest BCUT2D eigenvalue weighted by Gasteiger charge is -2.22. The van der Waals surface area contributed by atoms with Crippen LogP contribution in [0.1, 0.15) is 49.2 Å². The largest absolute Gasteiger partial charge is 0.357 e. The van der Waals surface area contributed by atoms with Gasteiger partial charge in [-0.1, -0.05) is 13.8 Å². The lowest BCUT2D eigenvalue weighted by Crippen LogP contribution is -2.40. The summed E-state index contributed by atoms with van der Waals surface area (Å²) in [6, 6.07) is 0. The van der Waals surface area contributed by atoms with E-state index in [1.807, 2.05) is 0 Å². The normalized spacial score (nSPS) is 19.0. The molecule has 2 heterocycles. The maximum Gasteiger partial charge on any atom is 0.193 e. The van der Waals surface area contributed by atoms with Crippen LogP contribution >= 0.6 is 11.3 Å². The summed E-state index contributed by atoms with van der Waals surface area (Å²) < 4.78 is 0. The number of aliphatic imine (C=N–C) groups is 1. The molecule has 1 aromatic rings. The van der Waals surface area contributed by atoms with Crippen molar-refractivity contribution < 1.29 is 0 Å². The Morgan fingerprint density at radius 3 is 2.83 bits per heavy atom. The minimum absolute atomic E-state index is 0.789. The van der Waals surface area contributed by atoms with E-state index in [4.69, 9.17) is 4.99 Å². The van der Waals surface area contributed by atoms with Crippen molar-refractivity contribution in [3.05, 3.63) is 15.6 Å². The molecule has 1 N–H and O–H groups in total. The van der Waals surface area contributed by atoms with Gasteiger partial charge in [0.25, 0.3) is 0 Å². The number of nitrogens with zero attached hydrogens (tertiary/aromatic N) is 3. The molecule has 1 aliphatic rings. The molecule has 0 amide bonds. The number of hydrogen-bond donors (Lipinski definition) is 1. The SMILES string of the molecule is CCNC(=NCCc1sc(C)nc1C)N1CCC(CC(C)C)C1. The first-order chi connectivity index (χ1) is 11.0. The van der Waals surface area contributed by atoms with Gasteiger partial charge in [0.05, 0.1) is 10.7 Å². The number of hydrogen-bond acceptors (Lipinski definition) is 3. The average Bonchev–Trinajstić information content (AvgIpc) is 3.04. The minimum Gasteiger partial charge on any atom is -0.357 e. The molecular formula is C18H32N4S. The third-order valence-electron chi connectivity index (χ3n) is 4.33. The number of thiazole rings is 1. The zero-order valence-corrected chi connectivity index (χ0v) is 16.2. The molecule has 1 unspecified atom stereocenters. The molecule has 2 rings (SSSR count). The standard InChI is InChI=1S/C18H32N4S/c1-6-19-18(22-10-8-16(12-22)11-13(2)3)20-9-7-17-14(4)21-15(5)23-17/h13,16H,6-12H2,1-5H3,(H,19,20). The van der Waals surface area contributed by atoms with Crippen LogP contribution < -0.4 is 5.32 Å². The van der Waals surface area contributed by atoms with Crippen molar-refractivity contribution in [2.75, 3.05) is 26.2 Å². The Morgan fingerprint density at radius 1 is 1.43 bits per heavy atom. The van der Waals surface area contributed by atoms with Crippen LogP contribution in [0.4, 0.5) is 0 Å². The van der Waals surface area contributed by atoms with E-state index in [0.717, 1.165) is 55.4 Å². The van der Waals surface area contributed by atoms with Crippen LogP contribution in [0.5, 0.6) is 0 Å². The molecule has 0 radical (unpaired) electrons. The van der Waals surface area contributed by atoms with E-state index in [-0.39, 0.29) is 0 Å². The van der Waals surface area contributed by atoms with Crippen molar-refractivity contribution in [1.82, 2.24) is 15.2 Å². The van der Waals surface area contributed by atoms with Crippen molar-refractivity contribution in [1.29, 1.82) is 0 Å². The van der Waals surface area contributed by atoms with Gasteiger partial charge in [0.1, 0.15) is 0 Å². The lowest BCUT2D eigenvalue weighted by atomic mass is 9.97. The van der Waals surface area contributed by atoms with Crippen molar-refractivity contribution in [3.63, 3.8) is 0 Å². The molecular weight excluding hydrogens is 304 g/mol. The molecule has 1 atom stereocenters. The molecule has 0 bridgehead atoms. The molecule has 1 fully saturated rings. The molecule has 1 saturated heterocycles. The third-order valence-corrected chi connectivity index (χ3v) is 5.46. The van der Waals surface area contributed by atoms with Crippen LogP contribution in [0.2, 0.25) is 0 Å². The minimum atomic E-state index is 0.789. The highest BCUT2D eigenvalue weighted by atomic mass is 32.1. The summed E-state index contributed by atoms with van der Waals surface area (Å²) in [4.78, 5) is 13.2. The summed E-state index contributed by atoms with van der Waals surface area (Å²) in [5, 5.41) is 4.63. The number of likely N-dealkylation sites (tertiary alicyclic amines) is 1. The summed E-state index contributed by atoms with van der Waals surface area (Å²) >= 11 is 1.80. The van der Waals surface area contributed by atoms with Gasteiger partial charge < -0.3 is 10.2 Å². The first-order valence-electron chi connectivity index (χ1n) is 8.95. The second kappa shape index (κ2) is 8.67. The van der Waals surface area contributed by atoms with E-state index in [9.17, 15) is 0 Å². The predicted octanol–water partition coefficient (Wildman–Crippen LogP) is 3.64. The number of nitrogens with one attached hydrogen (secondary N) is 1. The van der Waals surface area contributed by atoms with Gasteiger partial charge in [-0.2, -0.15) is 0 Å². The maximum absolute atomic E-state index is 4.87. The maximum atomic E-state index is 4.87. The van der Waals surface area contributed by atoms with Crippen molar-refractivity contribution >= 4 is 17.3 Å². The first kappa shape index (κ1) is 18.2. The quantitative estimate of drug-likeness (QED) is 0.637. The van der Waals surface area contributed by atoms with Crippen LogP contribution in [0, 0.1) is 25.7 Å². The smallest absolute Gasteiger partial charge is 0.193 e. The zero-order valence-electron chi connectivity index (χ0n) is 15.4. The van der Waals surface area contributed by atoms with Crippen LogP contribution in [0.3, 0.4) is 0 Å². The van der Waals surface area contributed by atoms with Crippen molar-refractivity contribution in [2.45, 2.75) is 53.9 Å². The van der Waals surface area contributed by atoms with E-state index in [0.29, 0.717) is 0 Å². The Hall–Kier alpha value is -1.10. The Bertz CT molecular complexity index is 521. The molecule has 5 heteroatoms. The van der Waals surface area contributed by atoms with Crippen molar-refractivity contribution in [3.8, 4) is 0 Å². The Morgan fingerprint density at radius 2 is 2.22 bits per heavy atom. The third kappa shape index (κ3) is 5.48. The fraction of sp³-hybridized carbons (Fsp3) is 0.778. The Balaban J connectivity index is 1.91. The molecule has 130 valence electrons. The number of rotatable bonds is 6. The lowest BCUT2D eigenvalue weighted by molar-refractivity contribution is 0.403. The number of aryl methyl sites for hydroxylation is 2. The summed E-state index contributed by atoms with van der Waals surface area (Å²) in [6.45, 7) is 15.0. The van der Waals surface area contributed by atoms with E-state index in [1.54, 1.807) is 11.3 Å². The second-order valence-electron chi connectivity index (χ2n) is 6.96. The second-order valence-corrected chi connectivity index (χ2v) is 8.25. The fourth-order valence-corrected chi connectivity index (χ4v) is 4.30. The number of guanidine groups is 1. The van der Waals surface area contributed by atoms with Gasteiger partial charge in [-0.15, -0.1) is 11.3 Å². The summed E-state index contributed by atoms with van der Waals surface area (Å²) in [7, 11) is 0. The highest BCUT2D eigenvalue weighted by molar-refractivity contribution is 7.11. The Labute approximate surface area is 145 Å².